The smallest absolute Gasteiger partial charge is 0.238 e. The number of primary sulfonamides is 1. The zero-order chi connectivity index (χ0) is 20.6. The van der Waals surface area contributed by atoms with Gasteiger partial charge >= 0.3 is 0 Å². The van der Waals surface area contributed by atoms with Crippen LogP contribution in [0, 0.1) is 6.92 Å². The summed E-state index contributed by atoms with van der Waals surface area (Å²) in [6.07, 6.45) is 0.410. The number of hydrogen-bond donors (Lipinski definition) is 2. The molecular formula is C22H20N2O4S. The van der Waals surface area contributed by atoms with E-state index in [1.807, 2.05) is 49.4 Å². The highest BCUT2D eigenvalue weighted by molar-refractivity contribution is 7.89. The van der Waals surface area contributed by atoms with Gasteiger partial charge in [-0.15, -0.1) is 0 Å². The molecule has 1 heterocycles. The molecular weight excluding hydrogens is 388 g/mol. The number of nitrogens with two attached hydrogens (primary N) is 1. The lowest BCUT2D eigenvalue weighted by atomic mass is 9.97. The highest BCUT2D eigenvalue weighted by Crippen LogP contribution is 2.32. The number of aryl methyl sites for hydroxylation is 1. The number of sulfonamides is 1. The molecule has 7 heteroatoms. The summed E-state index contributed by atoms with van der Waals surface area (Å²) in [6, 6.07) is 19.4. The first-order valence-electron chi connectivity index (χ1n) is 9.07. The minimum absolute atomic E-state index is 0.102. The van der Waals surface area contributed by atoms with E-state index in [0.29, 0.717) is 12.0 Å². The SMILES string of the molecule is Cc1ccc(S(N)(=O)=O)c(-c2ccc(C3=NOC(c4ccc(O)cc4)C3)cc2)c1. The fourth-order valence-electron chi connectivity index (χ4n) is 3.38. The maximum absolute atomic E-state index is 11.9. The standard InChI is InChI=1S/C22H20N2O4S/c1-14-2-11-22(29(23,26)27)19(12-14)15-3-5-16(6-4-15)20-13-21(28-24-20)17-7-9-18(25)10-8-17/h2-12,21,25H,13H2,1H3,(H2,23,26,27). The van der Waals surface area contributed by atoms with Gasteiger partial charge in [-0.25, -0.2) is 13.6 Å². The van der Waals surface area contributed by atoms with E-state index in [1.54, 1.807) is 18.2 Å². The molecule has 0 aromatic heterocycles. The van der Waals surface area contributed by atoms with Crippen LogP contribution < -0.4 is 5.14 Å². The van der Waals surface area contributed by atoms with Crippen molar-refractivity contribution in [1.29, 1.82) is 0 Å². The first kappa shape index (κ1) is 19.2. The van der Waals surface area contributed by atoms with Crippen molar-refractivity contribution in [3.63, 3.8) is 0 Å². The van der Waals surface area contributed by atoms with Gasteiger partial charge in [0.05, 0.1) is 10.6 Å². The molecule has 0 saturated heterocycles. The normalized spacial score (nSPS) is 16.3. The lowest BCUT2D eigenvalue weighted by molar-refractivity contribution is 0.0857. The molecule has 1 aliphatic heterocycles. The van der Waals surface area contributed by atoms with Crippen molar-refractivity contribution >= 4 is 15.7 Å². The molecule has 4 rings (SSSR count). The number of rotatable bonds is 4. The van der Waals surface area contributed by atoms with E-state index in [2.05, 4.69) is 5.16 Å². The molecule has 6 nitrogen and oxygen atoms in total. The molecule has 1 atom stereocenters. The molecule has 0 radical (unpaired) electrons. The van der Waals surface area contributed by atoms with Crippen molar-refractivity contribution in [2.45, 2.75) is 24.3 Å². The van der Waals surface area contributed by atoms with Crippen LogP contribution in [0.1, 0.15) is 29.2 Å². The van der Waals surface area contributed by atoms with Gasteiger partial charge in [-0.1, -0.05) is 59.3 Å². The van der Waals surface area contributed by atoms with Crippen molar-refractivity contribution < 1.29 is 18.4 Å². The molecule has 0 amide bonds. The fraction of sp³-hybridized carbons (Fsp3) is 0.136. The Morgan fingerprint density at radius 3 is 2.31 bits per heavy atom. The van der Waals surface area contributed by atoms with Crippen LogP contribution in [0.25, 0.3) is 11.1 Å². The highest BCUT2D eigenvalue weighted by atomic mass is 32.2. The minimum Gasteiger partial charge on any atom is -0.508 e. The van der Waals surface area contributed by atoms with Crippen LogP contribution in [0.5, 0.6) is 5.75 Å². The molecule has 3 aromatic rings. The van der Waals surface area contributed by atoms with E-state index in [0.717, 1.165) is 28.0 Å². The van der Waals surface area contributed by atoms with Crippen LogP contribution in [0.15, 0.2) is 76.8 Å². The van der Waals surface area contributed by atoms with Crippen LogP contribution in [-0.4, -0.2) is 19.2 Å². The maximum Gasteiger partial charge on any atom is 0.238 e. The maximum atomic E-state index is 11.9. The molecule has 29 heavy (non-hydrogen) atoms. The molecule has 3 N–H and O–H groups in total. The number of phenolic OH excluding ortho intramolecular Hbond substituents is 1. The number of aromatic hydroxyl groups is 1. The lowest BCUT2D eigenvalue weighted by Crippen LogP contribution is -2.13. The summed E-state index contributed by atoms with van der Waals surface area (Å²) in [5, 5.41) is 19.0. The largest absolute Gasteiger partial charge is 0.508 e. The van der Waals surface area contributed by atoms with Gasteiger partial charge in [0.1, 0.15) is 5.75 Å². The monoisotopic (exact) mass is 408 g/mol. The van der Waals surface area contributed by atoms with Gasteiger partial charge in [0.2, 0.25) is 10.0 Å². The third kappa shape index (κ3) is 4.01. The van der Waals surface area contributed by atoms with Crippen LogP contribution in [-0.2, 0) is 14.9 Å². The van der Waals surface area contributed by atoms with Crippen molar-refractivity contribution in [3.8, 4) is 16.9 Å². The number of nitrogens with zero attached hydrogens (tertiary/aromatic N) is 1. The number of benzene rings is 3. The Morgan fingerprint density at radius 1 is 1.00 bits per heavy atom. The van der Waals surface area contributed by atoms with Gasteiger partial charge in [-0.2, -0.15) is 0 Å². The third-order valence-corrected chi connectivity index (χ3v) is 5.87. The van der Waals surface area contributed by atoms with Gasteiger partial charge in [0.15, 0.2) is 6.10 Å². The molecule has 1 aliphatic rings. The van der Waals surface area contributed by atoms with Crippen LogP contribution in [0.4, 0.5) is 0 Å². The topological polar surface area (TPSA) is 102 Å². The zero-order valence-electron chi connectivity index (χ0n) is 15.7. The molecule has 0 aliphatic carbocycles. The zero-order valence-corrected chi connectivity index (χ0v) is 16.6. The molecule has 3 aromatic carbocycles. The first-order chi connectivity index (χ1) is 13.8. The van der Waals surface area contributed by atoms with Gasteiger partial charge in [-0.05, 0) is 41.8 Å². The van der Waals surface area contributed by atoms with E-state index in [-0.39, 0.29) is 16.7 Å². The van der Waals surface area contributed by atoms with Crippen molar-refractivity contribution in [3.05, 3.63) is 83.4 Å². The van der Waals surface area contributed by atoms with Gasteiger partial charge in [0.25, 0.3) is 0 Å². The molecule has 1 unspecified atom stereocenters. The Hall–Kier alpha value is -3.16. The second-order valence-corrected chi connectivity index (χ2v) is 8.58. The number of hydrogen-bond acceptors (Lipinski definition) is 5. The second-order valence-electron chi connectivity index (χ2n) is 7.05. The Morgan fingerprint density at radius 2 is 1.66 bits per heavy atom. The van der Waals surface area contributed by atoms with Crippen LogP contribution >= 0.6 is 0 Å². The molecule has 148 valence electrons. The Kier molecular flexibility index (Phi) is 4.86. The predicted molar refractivity (Wildman–Crippen MR) is 111 cm³/mol. The average molecular weight is 408 g/mol. The molecule has 0 bridgehead atoms. The van der Waals surface area contributed by atoms with Crippen LogP contribution in [0.3, 0.4) is 0 Å². The van der Waals surface area contributed by atoms with Gasteiger partial charge in [0, 0.05) is 12.0 Å². The summed E-state index contributed by atoms with van der Waals surface area (Å²) in [4.78, 5) is 5.65. The second kappa shape index (κ2) is 7.35. The summed E-state index contributed by atoms with van der Waals surface area (Å²) in [5.74, 6) is 0.207. The molecule has 0 saturated carbocycles. The van der Waals surface area contributed by atoms with Crippen molar-refractivity contribution in [1.82, 2.24) is 0 Å². The van der Waals surface area contributed by atoms with E-state index < -0.39 is 10.0 Å². The van der Waals surface area contributed by atoms with Gasteiger partial charge < -0.3 is 9.94 Å². The van der Waals surface area contributed by atoms with E-state index >= 15 is 0 Å². The van der Waals surface area contributed by atoms with E-state index in [4.69, 9.17) is 9.98 Å². The predicted octanol–water partition coefficient (Wildman–Crippen LogP) is 3.88. The lowest BCUT2D eigenvalue weighted by Gasteiger charge is -2.10. The fourth-order valence-corrected chi connectivity index (χ4v) is 4.12. The molecule has 0 fully saturated rings. The van der Waals surface area contributed by atoms with Crippen molar-refractivity contribution in [2.75, 3.05) is 0 Å². The summed E-state index contributed by atoms with van der Waals surface area (Å²) in [6.45, 7) is 1.90. The Balaban J connectivity index is 1.58. The third-order valence-electron chi connectivity index (χ3n) is 4.90. The van der Waals surface area contributed by atoms with Crippen molar-refractivity contribution in [2.24, 2.45) is 10.3 Å². The summed E-state index contributed by atoms with van der Waals surface area (Å²) < 4.78 is 23.9. The summed E-state index contributed by atoms with van der Waals surface area (Å²) in [5.41, 5.74) is 4.93. The minimum atomic E-state index is -3.83. The average Bonchev–Trinajstić information content (AvgIpc) is 3.18. The summed E-state index contributed by atoms with van der Waals surface area (Å²) >= 11 is 0. The highest BCUT2D eigenvalue weighted by Gasteiger charge is 2.24. The van der Waals surface area contributed by atoms with Gasteiger partial charge in [-0.3, -0.25) is 0 Å². The van der Waals surface area contributed by atoms with Crippen LogP contribution in [0.2, 0.25) is 0 Å². The number of oxime groups is 1. The quantitative estimate of drug-likeness (QED) is 0.684. The summed E-state index contributed by atoms with van der Waals surface area (Å²) in [7, 11) is -3.83. The Labute approximate surface area is 169 Å². The van der Waals surface area contributed by atoms with E-state index in [9.17, 15) is 13.5 Å². The van der Waals surface area contributed by atoms with E-state index in [1.165, 1.54) is 6.07 Å². The first-order valence-corrected chi connectivity index (χ1v) is 10.6. The molecule has 0 spiro atoms. The number of phenols is 1. The Bertz CT molecular complexity index is 1180.